The van der Waals surface area contributed by atoms with Crippen LogP contribution in [0.4, 0.5) is 11.4 Å². The molecule has 0 bridgehead atoms. The predicted molar refractivity (Wildman–Crippen MR) is 105 cm³/mol. The van der Waals surface area contributed by atoms with Crippen LogP contribution in [-0.2, 0) is 4.79 Å². The number of anilines is 1. The maximum absolute atomic E-state index is 12.2. The predicted octanol–water partition coefficient (Wildman–Crippen LogP) is 3.39. The molecule has 0 aliphatic rings. The molecule has 2 aromatic carbocycles. The summed E-state index contributed by atoms with van der Waals surface area (Å²) in [6.45, 7) is 1.57. The van der Waals surface area contributed by atoms with E-state index in [9.17, 15) is 19.7 Å². The number of carbonyl (C=O) groups is 2. The minimum atomic E-state index is -0.558. The summed E-state index contributed by atoms with van der Waals surface area (Å²) in [5, 5.41) is 17.6. The molecule has 0 saturated carbocycles. The van der Waals surface area contributed by atoms with Crippen LogP contribution < -0.4 is 15.5 Å². The highest BCUT2D eigenvalue weighted by molar-refractivity contribution is 6.31. The number of amides is 2. The summed E-state index contributed by atoms with van der Waals surface area (Å²) >= 11 is 5.92. The number of non-ortho nitro benzene ring substituents is 1. The molecule has 2 N–H and O–H groups in total. The number of hydrazone groups is 1. The second-order valence-electron chi connectivity index (χ2n) is 5.66. The number of rotatable bonds is 7. The topological polar surface area (TPSA) is 123 Å². The van der Waals surface area contributed by atoms with E-state index >= 15 is 0 Å². The zero-order valence-corrected chi connectivity index (χ0v) is 15.8. The molecule has 0 fully saturated rings. The van der Waals surface area contributed by atoms with Crippen LogP contribution in [0.3, 0.4) is 0 Å². The van der Waals surface area contributed by atoms with Crippen LogP contribution >= 0.6 is 11.6 Å². The smallest absolute Gasteiger partial charge is 0.271 e. The molecule has 10 heteroatoms. The van der Waals surface area contributed by atoms with Gasteiger partial charge in [-0.05, 0) is 37.3 Å². The number of hydrogen-bond acceptors (Lipinski definition) is 6. The molecule has 0 aliphatic heterocycles. The molecule has 0 spiro atoms. The lowest BCUT2D eigenvalue weighted by atomic mass is 10.2. The zero-order valence-electron chi connectivity index (χ0n) is 15.1. The van der Waals surface area contributed by atoms with E-state index in [-0.39, 0.29) is 23.6 Å². The molecule has 146 valence electrons. The van der Waals surface area contributed by atoms with Crippen molar-refractivity contribution in [2.45, 2.75) is 13.3 Å². The average molecular weight is 405 g/mol. The lowest BCUT2D eigenvalue weighted by Crippen LogP contribution is -2.21. The first kappa shape index (κ1) is 20.8. The molecule has 0 aliphatic carbocycles. The number of ether oxygens (including phenoxy) is 1. The largest absolute Gasteiger partial charge is 0.495 e. The minimum absolute atomic E-state index is 0.0732. The Hall–Kier alpha value is -3.46. The molecule has 0 radical (unpaired) electrons. The number of halogens is 1. The second kappa shape index (κ2) is 9.47. The first-order chi connectivity index (χ1) is 13.3. The van der Waals surface area contributed by atoms with Crippen molar-refractivity contribution in [3.63, 3.8) is 0 Å². The number of nitro groups is 1. The molecular formula is C18H17ClN4O5. The summed E-state index contributed by atoms with van der Waals surface area (Å²) < 4.78 is 5.15. The maximum Gasteiger partial charge on any atom is 0.271 e. The van der Waals surface area contributed by atoms with Crippen LogP contribution in [0.1, 0.15) is 23.7 Å². The van der Waals surface area contributed by atoms with E-state index in [1.54, 1.807) is 25.1 Å². The van der Waals surface area contributed by atoms with Crippen molar-refractivity contribution in [3.05, 3.63) is 63.2 Å². The lowest BCUT2D eigenvalue weighted by molar-refractivity contribution is -0.384. The van der Waals surface area contributed by atoms with E-state index in [0.29, 0.717) is 22.2 Å². The Kier molecular flexibility index (Phi) is 7.05. The molecule has 0 atom stereocenters. The zero-order chi connectivity index (χ0) is 20.7. The molecule has 0 unspecified atom stereocenters. The first-order valence-corrected chi connectivity index (χ1v) is 8.39. The first-order valence-electron chi connectivity index (χ1n) is 8.01. The van der Waals surface area contributed by atoms with Crippen molar-refractivity contribution < 1.29 is 19.2 Å². The lowest BCUT2D eigenvalue weighted by Gasteiger charge is -2.10. The summed E-state index contributed by atoms with van der Waals surface area (Å²) in [6.07, 6.45) is -0.0732. The van der Waals surface area contributed by atoms with E-state index in [0.717, 1.165) is 0 Å². The summed E-state index contributed by atoms with van der Waals surface area (Å²) in [5.74, 6) is -0.462. The van der Waals surface area contributed by atoms with E-state index in [1.807, 2.05) is 0 Å². The Bertz CT molecular complexity index is 928. The minimum Gasteiger partial charge on any atom is -0.495 e. The quantitative estimate of drug-likeness (QED) is 0.416. The molecule has 0 saturated heterocycles. The number of methoxy groups -OCH3 is 1. The SMILES string of the molecule is COc1ccc(Cl)cc1NC(=O)C/C(C)=N/NC(=O)c1ccc([N+](=O)[O-])cc1. The number of hydrogen-bond donors (Lipinski definition) is 2. The van der Waals surface area contributed by atoms with Crippen LogP contribution in [0.15, 0.2) is 47.6 Å². The van der Waals surface area contributed by atoms with E-state index in [4.69, 9.17) is 16.3 Å². The van der Waals surface area contributed by atoms with Gasteiger partial charge in [-0.3, -0.25) is 19.7 Å². The fraction of sp³-hybridized carbons (Fsp3) is 0.167. The number of nitrogens with one attached hydrogen (secondary N) is 2. The third kappa shape index (κ3) is 5.78. The van der Waals surface area contributed by atoms with Crippen molar-refractivity contribution in [3.8, 4) is 5.75 Å². The fourth-order valence-electron chi connectivity index (χ4n) is 2.19. The average Bonchev–Trinajstić information content (AvgIpc) is 2.66. The van der Waals surface area contributed by atoms with Crippen LogP contribution in [-0.4, -0.2) is 29.6 Å². The monoisotopic (exact) mass is 404 g/mol. The van der Waals surface area contributed by atoms with Gasteiger partial charge in [-0.2, -0.15) is 5.10 Å². The summed E-state index contributed by atoms with van der Waals surface area (Å²) in [5.41, 5.74) is 3.16. The second-order valence-corrected chi connectivity index (χ2v) is 6.10. The Morgan fingerprint density at radius 1 is 1.21 bits per heavy atom. The molecule has 0 heterocycles. The van der Waals surface area contributed by atoms with E-state index in [1.165, 1.54) is 31.4 Å². The Morgan fingerprint density at radius 3 is 2.50 bits per heavy atom. The van der Waals surface area contributed by atoms with Gasteiger partial charge in [0.25, 0.3) is 11.6 Å². The summed E-state index contributed by atoms with van der Waals surface area (Å²) in [6, 6.07) is 9.89. The highest BCUT2D eigenvalue weighted by atomic mass is 35.5. The van der Waals surface area contributed by atoms with Crippen molar-refractivity contribution in [1.29, 1.82) is 0 Å². The fourth-order valence-corrected chi connectivity index (χ4v) is 2.36. The van der Waals surface area contributed by atoms with Crippen molar-refractivity contribution in [1.82, 2.24) is 5.43 Å². The van der Waals surface area contributed by atoms with E-state index < -0.39 is 10.8 Å². The van der Waals surface area contributed by atoms with Gasteiger partial charge in [-0.15, -0.1) is 0 Å². The van der Waals surface area contributed by atoms with Gasteiger partial charge in [0.15, 0.2) is 0 Å². The number of carbonyl (C=O) groups excluding carboxylic acids is 2. The van der Waals surface area contributed by atoms with Crippen molar-refractivity contribution >= 4 is 40.5 Å². The Morgan fingerprint density at radius 2 is 1.89 bits per heavy atom. The van der Waals surface area contributed by atoms with Gasteiger partial charge in [-0.1, -0.05) is 11.6 Å². The van der Waals surface area contributed by atoms with Gasteiger partial charge in [0.2, 0.25) is 5.91 Å². The van der Waals surface area contributed by atoms with Gasteiger partial charge in [0, 0.05) is 28.4 Å². The molecule has 2 aromatic rings. The molecule has 9 nitrogen and oxygen atoms in total. The summed E-state index contributed by atoms with van der Waals surface area (Å²) in [7, 11) is 1.47. The third-order valence-corrected chi connectivity index (χ3v) is 3.78. The Balaban J connectivity index is 1.94. The third-order valence-electron chi connectivity index (χ3n) is 3.54. The summed E-state index contributed by atoms with van der Waals surface area (Å²) in [4.78, 5) is 34.2. The van der Waals surface area contributed by atoms with E-state index in [2.05, 4.69) is 15.8 Å². The van der Waals surface area contributed by atoms with Crippen LogP contribution in [0.25, 0.3) is 0 Å². The van der Waals surface area contributed by atoms with Crippen LogP contribution in [0, 0.1) is 10.1 Å². The molecule has 0 aromatic heterocycles. The van der Waals surface area contributed by atoms with Crippen molar-refractivity contribution in [2.24, 2.45) is 5.10 Å². The molecular weight excluding hydrogens is 388 g/mol. The standard InChI is InChI=1S/C18H17ClN4O5/c1-11(9-17(24)20-15-10-13(19)5-8-16(15)28-2)21-22-18(25)12-3-6-14(7-4-12)23(26)27/h3-8,10H,9H2,1-2H3,(H,20,24)(H,22,25)/b21-11+. The molecule has 2 amide bonds. The number of nitrogens with zero attached hydrogens (tertiary/aromatic N) is 2. The maximum atomic E-state index is 12.2. The highest BCUT2D eigenvalue weighted by Crippen LogP contribution is 2.27. The van der Waals surface area contributed by atoms with Gasteiger partial charge >= 0.3 is 0 Å². The van der Waals surface area contributed by atoms with Gasteiger partial charge < -0.3 is 10.1 Å². The van der Waals surface area contributed by atoms with Crippen LogP contribution in [0.5, 0.6) is 5.75 Å². The van der Waals surface area contributed by atoms with Gasteiger partial charge in [0.05, 0.1) is 24.1 Å². The number of benzene rings is 2. The van der Waals surface area contributed by atoms with Crippen molar-refractivity contribution in [2.75, 3.05) is 12.4 Å². The normalized spacial score (nSPS) is 10.9. The van der Waals surface area contributed by atoms with Gasteiger partial charge in [-0.25, -0.2) is 5.43 Å². The molecule has 2 rings (SSSR count). The van der Waals surface area contributed by atoms with Gasteiger partial charge in [0.1, 0.15) is 5.75 Å². The van der Waals surface area contributed by atoms with Crippen LogP contribution in [0.2, 0.25) is 5.02 Å². The highest BCUT2D eigenvalue weighted by Gasteiger charge is 2.11. The Labute approximate surface area is 165 Å². The number of nitro benzene ring substituents is 1. The molecule has 28 heavy (non-hydrogen) atoms.